The average Bonchev–Trinajstić information content (AvgIpc) is 2.71. The molecule has 2 aliphatic heterocycles. The van der Waals surface area contributed by atoms with Crippen LogP contribution in [0, 0.1) is 17.5 Å². The van der Waals surface area contributed by atoms with Crippen LogP contribution in [-0.2, 0) is 9.59 Å². The summed E-state index contributed by atoms with van der Waals surface area (Å²) < 4.78 is 43.0. The van der Waals surface area contributed by atoms with Crippen LogP contribution in [0.3, 0.4) is 0 Å². The number of piperidine rings is 2. The maximum absolute atomic E-state index is 14.8. The van der Waals surface area contributed by atoms with Gasteiger partial charge in [0.25, 0.3) is 0 Å². The van der Waals surface area contributed by atoms with Crippen molar-refractivity contribution in [2.45, 2.75) is 37.5 Å². The van der Waals surface area contributed by atoms with E-state index >= 15 is 0 Å². The summed E-state index contributed by atoms with van der Waals surface area (Å²) in [5.41, 5.74) is 1.34. The summed E-state index contributed by atoms with van der Waals surface area (Å²) in [6.45, 7) is 0.966. The molecule has 1 atom stereocenters. The Morgan fingerprint density at radius 1 is 0.933 bits per heavy atom. The fourth-order valence-corrected chi connectivity index (χ4v) is 4.60. The lowest BCUT2D eigenvalue weighted by Gasteiger charge is -2.34. The van der Waals surface area contributed by atoms with Crippen LogP contribution in [0.2, 0.25) is 0 Å². The summed E-state index contributed by atoms with van der Waals surface area (Å²) >= 11 is 2.98. The maximum atomic E-state index is 14.8. The largest absolute Gasteiger partial charge is 0.369 e. The van der Waals surface area contributed by atoms with Crippen molar-refractivity contribution in [3.8, 4) is 0 Å². The molecular weight excluding hydrogens is 461 g/mol. The zero-order valence-corrected chi connectivity index (χ0v) is 17.6. The Balaban J connectivity index is 1.46. The van der Waals surface area contributed by atoms with Gasteiger partial charge in [0.15, 0.2) is 0 Å². The number of anilines is 1. The van der Waals surface area contributed by atoms with Crippen LogP contribution in [0.1, 0.15) is 48.6 Å². The van der Waals surface area contributed by atoms with E-state index in [9.17, 15) is 22.8 Å². The second-order valence-electron chi connectivity index (χ2n) is 7.76. The molecule has 2 aromatic carbocycles. The number of hydrogen-bond acceptors (Lipinski definition) is 3. The minimum absolute atomic E-state index is 0.0413. The van der Waals surface area contributed by atoms with E-state index in [0.717, 1.165) is 6.07 Å². The highest BCUT2D eigenvalue weighted by Crippen LogP contribution is 2.35. The predicted molar refractivity (Wildman–Crippen MR) is 110 cm³/mol. The lowest BCUT2D eigenvalue weighted by molar-refractivity contribution is -0.134. The first kappa shape index (κ1) is 20.9. The summed E-state index contributed by atoms with van der Waals surface area (Å²) in [6, 6.07) is 7.12. The van der Waals surface area contributed by atoms with Gasteiger partial charge < -0.3 is 4.90 Å². The highest BCUT2D eigenvalue weighted by Gasteiger charge is 2.30. The molecule has 2 aromatic rings. The number of nitrogens with zero attached hydrogens (tertiary/aromatic N) is 1. The van der Waals surface area contributed by atoms with Crippen molar-refractivity contribution in [1.82, 2.24) is 5.32 Å². The number of amides is 2. The number of carbonyl (C=O) groups excluding carboxylic acids is 2. The second-order valence-corrected chi connectivity index (χ2v) is 8.62. The van der Waals surface area contributed by atoms with Crippen molar-refractivity contribution >= 4 is 33.4 Å². The second kappa shape index (κ2) is 8.41. The summed E-state index contributed by atoms with van der Waals surface area (Å²) in [4.78, 5) is 25.1. The normalized spacial score (nSPS) is 20.4. The Kier molecular flexibility index (Phi) is 5.86. The third-order valence-electron chi connectivity index (χ3n) is 5.93. The molecular formula is C22H20BrF3N2O2. The standard InChI is InChI=1S/C22H20BrF3N2O2/c23-16-10-19(26)20(11-18(16)25)28-7-5-12(6-8-28)14-2-1-13(9-17(14)24)15-3-4-21(29)27-22(15)30/h1-2,9-12,15H,3-8H2,(H,27,29,30). The fourth-order valence-electron chi connectivity index (χ4n) is 4.29. The number of rotatable bonds is 3. The van der Waals surface area contributed by atoms with Crippen molar-refractivity contribution in [3.05, 3.63) is 63.4 Å². The first-order valence-electron chi connectivity index (χ1n) is 9.86. The Labute approximate surface area is 180 Å². The van der Waals surface area contributed by atoms with Gasteiger partial charge in [-0.05, 0) is 64.4 Å². The quantitative estimate of drug-likeness (QED) is 0.508. The van der Waals surface area contributed by atoms with E-state index in [1.54, 1.807) is 17.0 Å². The molecule has 158 valence electrons. The van der Waals surface area contributed by atoms with Crippen molar-refractivity contribution in [2.24, 2.45) is 0 Å². The first-order chi connectivity index (χ1) is 14.3. The molecule has 2 aliphatic rings. The number of nitrogens with one attached hydrogen (secondary N) is 1. The Morgan fingerprint density at radius 3 is 2.33 bits per heavy atom. The Morgan fingerprint density at radius 2 is 1.67 bits per heavy atom. The minimum Gasteiger partial charge on any atom is -0.369 e. The molecule has 0 saturated carbocycles. The van der Waals surface area contributed by atoms with Crippen LogP contribution in [0.15, 0.2) is 34.8 Å². The topological polar surface area (TPSA) is 49.4 Å². The maximum Gasteiger partial charge on any atom is 0.234 e. The van der Waals surface area contributed by atoms with Crippen LogP contribution in [0.25, 0.3) is 0 Å². The molecule has 8 heteroatoms. The predicted octanol–water partition coefficient (Wildman–Crippen LogP) is 4.77. The summed E-state index contributed by atoms with van der Waals surface area (Å²) in [6.07, 6.45) is 1.82. The number of carbonyl (C=O) groups is 2. The van der Waals surface area contributed by atoms with Crippen molar-refractivity contribution in [2.75, 3.05) is 18.0 Å². The van der Waals surface area contributed by atoms with E-state index in [1.807, 2.05) is 0 Å². The number of benzene rings is 2. The Hall–Kier alpha value is -2.35. The monoisotopic (exact) mass is 480 g/mol. The molecule has 1 unspecified atom stereocenters. The third kappa shape index (κ3) is 4.10. The van der Waals surface area contributed by atoms with E-state index in [1.165, 1.54) is 12.1 Å². The molecule has 4 nitrogen and oxygen atoms in total. The van der Waals surface area contributed by atoms with E-state index in [4.69, 9.17) is 0 Å². The Bertz CT molecular complexity index is 1010. The van der Waals surface area contributed by atoms with E-state index < -0.39 is 23.5 Å². The van der Waals surface area contributed by atoms with Gasteiger partial charge in [0.2, 0.25) is 11.8 Å². The smallest absolute Gasteiger partial charge is 0.234 e. The molecule has 0 radical (unpaired) electrons. The highest BCUT2D eigenvalue weighted by molar-refractivity contribution is 9.10. The lowest BCUT2D eigenvalue weighted by Crippen LogP contribution is -2.39. The van der Waals surface area contributed by atoms with E-state index in [0.29, 0.717) is 43.5 Å². The molecule has 0 bridgehead atoms. The van der Waals surface area contributed by atoms with Crippen molar-refractivity contribution in [3.63, 3.8) is 0 Å². The lowest BCUT2D eigenvalue weighted by atomic mass is 9.85. The molecule has 2 amide bonds. The third-order valence-corrected chi connectivity index (χ3v) is 6.54. The van der Waals surface area contributed by atoms with Gasteiger partial charge in [0, 0.05) is 25.6 Å². The van der Waals surface area contributed by atoms with Gasteiger partial charge in [0.05, 0.1) is 16.1 Å². The molecule has 0 aliphatic carbocycles. The molecule has 30 heavy (non-hydrogen) atoms. The van der Waals surface area contributed by atoms with Gasteiger partial charge in [-0.25, -0.2) is 13.2 Å². The van der Waals surface area contributed by atoms with Gasteiger partial charge in [-0.15, -0.1) is 0 Å². The van der Waals surface area contributed by atoms with Gasteiger partial charge in [-0.3, -0.25) is 14.9 Å². The summed E-state index contributed by atoms with van der Waals surface area (Å²) in [7, 11) is 0. The van der Waals surface area contributed by atoms with Crippen molar-refractivity contribution in [1.29, 1.82) is 0 Å². The number of halogens is 4. The van der Waals surface area contributed by atoms with Gasteiger partial charge in [-0.2, -0.15) is 0 Å². The molecule has 2 fully saturated rings. The van der Waals surface area contributed by atoms with Crippen LogP contribution >= 0.6 is 15.9 Å². The van der Waals surface area contributed by atoms with Crippen LogP contribution in [-0.4, -0.2) is 24.9 Å². The van der Waals surface area contributed by atoms with Crippen LogP contribution in [0.4, 0.5) is 18.9 Å². The van der Waals surface area contributed by atoms with Crippen LogP contribution in [0.5, 0.6) is 0 Å². The van der Waals surface area contributed by atoms with Gasteiger partial charge in [0.1, 0.15) is 17.5 Å². The molecule has 1 N–H and O–H groups in total. The first-order valence-corrected chi connectivity index (χ1v) is 10.7. The van der Waals surface area contributed by atoms with E-state index in [2.05, 4.69) is 21.2 Å². The zero-order valence-electron chi connectivity index (χ0n) is 16.1. The highest BCUT2D eigenvalue weighted by atomic mass is 79.9. The van der Waals surface area contributed by atoms with Gasteiger partial charge >= 0.3 is 0 Å². The SMILES string of the molecule is O=C1CCC(c2ccc(C3CCN(c4cc(F)c(Br)cc4F)CC3)c(F)c2)C(=O)N1. The molecule has 2 heterocycles. The molecule has 4 rings (SSSR count). The number of imide groups is 1. The average molecular weight is 481 g/mol. The van der Waals surface area contributed by atoms with E-state index in [-0.39, 0.29) is 34.2 Å². The van der Waals surface area contributed by atoms with Gasteiger partial charge in [-0.1, -0.05) is 12.1 Å². The van der Waals surface area contributed by atoms with Crippen molar-refractivity contribution < 1.29 is 22.8 Å². The fraction of sp³-hybridized carbons (Fsp3) is 0.364. The minimum atomic E-state index is -0.525. The summed E-state index contributed by atoms with van der Waals surface area (Å²) in [5, 5.41) is 2.29. The number of hydrogen-bond donors (Lipinski definition) is 1. The molecule has 2 saturated heterocycles. The molecule has 0 aromatic heterocycles. The molecule has 0 spiro atoms. The summed E-state index contributed by atoms with van der Waals surface area (Å²) in [5.74, 6) is -2.66. The zero-order chi connectivity index (χ0) is 21.4. The van der Waals surface area contributed by atoms with Crippen LogP contribution < -0.4 is 10.2 Å².